The van der Waals surface area contributed by atoms with Crippen molar-refractivity contribution < 1.29 is 14.3 Å². The van der Waals surface area contributed by atoms with Crippen molar-refractivity contribution in [2.24, 2.45) is 0 Å². The normalized spacial score (nSPS) is 12.3. The number of nitrogens with one attached hydrogen (secondary N) is 1. The van der Waals surface area contributed by atoms with E-state index in [4.69, 9.17) is 9.47 Å². The first-order valence-electron chi connectivity index (χ1n) is 5.69. The van der Waals surface area contributed by atoms with E-state index in [-0.39, 0.29) is 12.7 Å². The number of halogens is 1. The fourth-order valence-corrected chi connectivity index (χ4v) is 2.11. The van der Waals surface area contributed by atoms with E-state index in [1.807, 2.05) is 24.3 Å². The maximum atomic E-state index is 12.2. The smallest absolute Gasteiger partial charge is 0.259 e. The van der Waals surface area contributed by atoms with Crippen molar-refractivity contribution in [3.05, 3.63) is 52.5 Å². The molecule has 0 aromatic heterocycles. The molecule has 19 heavy (non-hydrogen) atoms. The number of para-hydroxylation sites is 1. The number of anilines is 1. The third-order valence-electron chi connectivity index (χ3n) is 2.74. The van der Waals surface area contributed by atoms with Gasteiger partial charge in [-0.25, -0.2) is 0 Å². The maximum absolute atomic E-state index is 12.2. The molecule has 0 bridgehead atoms. The monoisotopic (exact) mass is 319 g/mol. The standard InChI is InChI=1S/C14H10BrNO3/c15-9-4-6-10(7-5-9)16-14(17)11-2-1-3-12-13(11)19-8-18-12/h1-7H,8H2,(H,16,17). The van der Waals surface area contributed by atoms with Crippen LogP contribution in [0.2, 0.25) is 0 Å². The summed E-state index contributed by atoms with van der Waals surface area (Å²) >= 11 is 3.35. The number of fused-ring (bicyclic) bond motifs is 1. The van der Waals surface area contributed by atoms with Gasteiger partial charge in [0.15, 0.2) is 11.5 Å². The molecule has 0 fully saturated rings. The molecule has 4 nitrogen and oxygen atoms in total. The van der Waals surface area contributed by atoms with Crippen LogP contribution in [0.5, 0.6) is 11.5 Å². The maximum Gasteiger partial charge on any atom is 0.259 e. The van der Waals surface area contributed by atoms with Gasteiger partial charge in [0.25, 0.3) is 5.91 Å². The first kappa shape index (κ1) is 12.0. The van der Waals surface area contributed by atoms with Gasteiger partial charge in [-0.05, 0) is 36.4 Å². The average molecular weight is 320 g/mol. The molecule has 1 aliphatic rings. The van der Waals surface area contributed by atoms with Crippen molar-refractivity contribution >= 4 is 27.5 Å². The summed E-state index contributed by atoms with van der Waals surface area (Å²) in [5, 5.41) is 2.82. The number of amides is 1. The third kappa shape index (κ3) is 2.42. The molecule has 0 unspecified atom stereocenters. The van der Waals surface area contributed by atoms with Gasteiger partial charge >= 0.3 is 0 Å². The summed E-state index contributed by atoms with van der Waals surface area (Å²) in [6.45, 7) is 0.151. The van der Waals surface area contributed by atoms with Crippen LogP contribution in [0.3, 0.4) is 0 Å². The van der Waals surface area contributed by atoms with Crippen molar-refractivity contribution in [3.63, 3.8) is 0 Å². The van der Waals surface area contributed by atoms with Gasteiger partial charge in [-0.3, -0.25) is 4.79 Å². The minimum atomic E-state index is -0.218. The van der Waals surface area contributed by atoms with Crippen molar-refractivity contribution in [3.8, 4) is 11.5 Å². The predicted octanol–water partition coefficient (Wildman–Crippen LogP) is 3.43. The Balaban J connectivity index is 1.85. The highest BCUT2D eigenvalue weighted by Gasteiger charge is 2.21. The zero-order valence-electron chi connectivity index (χ0n) is 9.85. The van der Waals surface area contributed by atoms with Crippen LogP contribution >= 0.6 is 15.9 Å². The summed E-state index contributed by atoms with van der Waals surface area (Å²) in [5.74, 6) is 0.880. The lowest BCUT2D eigenvalue weighted by molar-refractivity contribution is 0.102. The van der Waals surface area contributed by atoms with E-state index in [1.165, 1.54) is 0 Å². The summed E-state index contributed by atoms with van der Waals surface area (Å²) in [5.41, 5.74) is 1.20. The van der Waals surface area contributed by atoms with Gasteiger partial charge in [0.2, 0.25) is 6.79 Å². The van der Waals surface area contributed by atoms with Gasteiger partial charge in [0.05, 0.1) is 5.56 Å². The van der Waals surface area contributed by atoms with E-state index in [2.05, 4.69) is 21.2 Å². The Kier molecular flexibility index (Phi) is 3.13. The number of carbonyl (C=O) groups excluding carboxylic acids is 1. The fourth-order valence-electron chi connectivity index (χ4n) is 1.84. The molecule has 0 saturated carbocycles. The van der Waals surface area contributed by atoms with Gasteiger partial charge in [0.1, 0.15) is 0 Å². The van der Waals surface area contributed by atoms with E-state index in [9.17, 15) is 4.79 Å². The van der Waals surface area contributed by atoms with E-state index in [1.54, 1.807) is 18.2 Å². The molecule has 1 amide bonds. The second-order valence-electron chi connectivity index (χ2n) is 4.00. The lowest BCUT2D eigenvalue weighted by Gasteiger charge is -2.07. The highest BCUT2D eigenvalue weighted by molar-refractivity contribution is 9.10. The van der Waals surface area contributed by atoms with Crippen LogP contribution in [-0.2, 0) is 0 Å². The predicted molar refractivity (Wildman–Crippen MR) is 74.7 cm³/mol. The number of carbonyl (C=O) groups is 1. The summed E-state index contributed by atoms with van der Waals surface area (Å²) in [7, 11) is 0. The lowest BCUT2D eigenvalue weighted by Crippen LogP contribution is -2.12. The Morgan fingerprint density at radius 1 is 1.11 bits per heavy atom. The van der Waals surface area contributed by atoms with E-state index in [0.29, 0.717) is 17.1 Å². The molecule has 0 aliphatic carbocycles. The lowest BCUT2D eigenvalue weighted by atomic mass is 10.1. The second kappa shape index (κ2) is 4.93. The highest BCUT2D eigenvalue weighted by atomic mass is 79.9. The molecule has 1 aliphatic heterocycles. The van der Waals surface area contributed by atoms with Crippen LogP contribution in [0.25, 0.3) is 0 Å². The summed E-state index contributed by atoms with van der Waals surface area (Å²) in [6, 6.07) is 12.6. The number of hydrogen-bond acceptors (Lipinski definition) is 3. The quantitative estimate of drug-likeness (QED) is 0.922. The first-order chi connectivity index (χ1) is 9.24. The average Bonchev–Trinajstić information content (AvgIpc) is 2.89. The van der Waals surface area contributed by atoms with Crippen molar-refractivity contribution in [2.75, 3.05) is 12.1 Å². The third-order valence-corrected chi connectivity index (χ3v) is 3.27. The van der Waals surface area contributed by atoms with Crippen LogP contribution in [0.1, 0.15) is 10.4 Å². The number of rotatable bonds is 2. The van der Waals surface area contributed by atoms with Crippen LogP contribution in [-0.4, -0.2) is 12.7 Å². The molecule has 0 saturated heterocycles. The summed E-state index contributed by atoms with van der Waals surface area (Å²) < 4.78 is 11.5. The Labute approximate surface area is 118 Å². The molecule has 5 heteroatoms. The SMILES string of the molecule is O=C(Nc1ccc(Br)cc1)c1cccc2c1OCO2. The van der Waals surface area contributed by atoms with Crippen molar-refractivity contribution in [2.45, 2.75) is 0 Å². The molecule has 96 valence electrons. The number of benzene rings is 2. The molecule has 2 aromatic rings. The molecule has 0 atom stereocenters. The highest BCUT2D eigenvalue weighted by Crippen LogP contribution is 2.35. The molecule has 0 radical (unpaired) electrons. The fraction of sp³-hybridized carbons (Fsp3) is 0.0714. The largest absolute Gasteiger partial charge is 0.454 e. The van der Waals surface area contributed by atoms with Crippen LogP contribution in [0.15, 0.2) is 46.9 Å². The zero-order valence-corrected chi connectivity index (χ0v) is 11.4. The Morgan fingerprint density at radius 3 is 2.68 bits per heavy atom. The minimum Gasteiger partial charge on any atom is -0.454 e. The van der Waals surface area contributed by atoms with E-state index in [0.717, 1.165) is 10.2 Å². The first-order valence-corrected chi connectivity index (χ1v) is 6.49. The van der Waals surface area contributed by atoms with Gasteiger partial charge < -0.3 is 14.8 Å². The molecule has 3 rings (SSSR count). The van der Waals surface area contributed by atoms with Crippen molar-refractivity contribution in [1.82, 2.24) is 0 Å². The molecule has 2 aromatic carbocycles. The summed E-state index contributed by atoms with van der Waals surface area (Å²) in [6.07, 6.45) is 0. The van der Waals surface area contributed by atoms with Gasteiger partial charge in [-0.15, -0.1) is 0 Å². The molecular formula is C14H10BrNO3. The number of ether oxygens (including phenoxy) is 2. The Morgan fingerprint density at radius 2 is 1.89 bits per heavy atom. The van der Waals surface area contributed by atoms with Crippen LogP contribution in [0, 0.1) is 0 Å². The van der Waals surface area contributed by atoms with Crippen LogP contribution < -0.4 is 14.8 Å². The Bertz CT molecular complexity index is 625. The summed E-state index contributed by atoms with van der Waals surface area (Å²) in [4.78, 5) is 12.2. The van der Waals surface area contributed by atoms with E-state index >= 15 is 0 Å². The molecule has 1 N–H and O–H groups in total. The van der Waals surface area contributed by atoms with Gasteiger partial charge in [-0.2, -0.15) is 0 Å². The molecule has 1 heterocycles. The van der Waals surface area contributed by atoms with Crippen LogP contribution in [0.4, 0.5) is 5.69 Å². The molecule has 0 spiro atoms. The topological polar surface area (TPSA) is 47.6 Å². The van der Waals surface area contributed by atoms with Gasteiger partial charge in [-0.1, -0.05) is 22.0 Å². The number of hydrogen-bond donors (Lipinski definition) is 1. The Hall–Kier alpha value is -2.01. The zero-order chi connectivity index (χ0) is 13.2. The molecular weight excluding hydrogens is 310 g/mol. The second-order valence-corrected chi connectivity index (χ2v) is 4.92. The van der Waals surface area contributed by atoms with Crippen molar-refractivity contribution in [1.29, 1.82) is 0 Å². The van der Waals surface area contributed by atoms with E-state index < -0.39 is 0 Å². The van der Waals surface area contributed by atoms with Gasteiger partial charge in [0, 0.05) is 10.2 Å². The minimum absolute atomic E-state index is 0.151.